The topological polar surface area (TPSA) is 62.1 Å². The molecule has 0 aliphatic rings. The number of hydrogen-bond donors (Lipinski definition) is 1. The number of ether oxygens (including phenoxy) is 1. The molecule has 0 saturated heterocycles. The Morgan fingerprint density at radius 1 is 1.59 bits per heavy atom. The van der Waals surface area contributed by atoms with Gasteiger partial charge in [0.15, 0.2) is 6.61 Å². The molecule has 0 bridgehead atoms. The van der Waals surface area contributed by atoms with Crippen molar-refractivity contribution < 1.29 is 13.9 Å². The van der Waals surface area contributed by atoms with Crippen molar-refractivity contribution in [3.63, 3.8) is 0 Å². The third-order valence-corrected chi connectivity index (χ3v) is 1.83. The van der Waals surface area contributed by atoms with Gasteiger partial charge in [-0.2, -0.15) is 5.26 Å². The molecule has 0 aliphatic carbocycles. The fourth-order valence-electron chi connectivity index (χ4n) is 1.08. The first kappa shape index (κ1) is 12.5. The van der Waals surface area contributed by atoms with E-state index in [1.165, 1.54) is 12.1 Å². The largest absolute Gasteiger partial charge is 0.482 e. The predicted octanol–water partition coefficient (Wildman–Crippen LogP) is 0.826. The van der Waals surface area contributed by atoms with Crippen LogP contribution in [0.3, 0.4) is 0 Å². The van der Waals surface area contributed by atoms with Crippen molar-refractivity contribution in [3.8, 4) is 24.2 Å². The molecule has 0 radical (unpaired) electrons. The molecule has 5 heteroatoms. The molecule has 1 amide bonds. The first-order valence-electron chi connectivity index (χ1n) is 4.70. The summed E-state index contributed by atoms with van der Waals surface area (Å²) in [4.78, 5) is 11.2. The van der Waals surface area contributed by atoms with Gasteiger partial charge in [-0.1, -0.05) is 12.0 Å². The normalized spacial score (nSPS) is 8.88. The molecular weight excluding hydrogens is 223 g/mol. The summed E-state index contributed by atoms with van der Waals surface area (Å²) >= 11 is 0. The fraction of sp³-hybridized carbons (Fsp3) is 0.167. The van der Waals surface area contributed by atoms with Crippen LogP contribution in [0.2, 0.25) is 0 Å². The highest BCUT2D eigenvalue weighted by molar-refractivity contribution is 5.77. The molecule has 1 aromatic carbocycles. The maximum Gasteiger partial charge on any atom is 0.258 e. The number of terminal acetylenes is 1. The first-order valence-corrected chi connectivity index (χ1v) is 4.70. The summed E-state index contributed by atoms with van der Waals surface area (Å²) in [5.74, 6) is 1.14. The van der Waals surface area contributed by atoms with E-state index in [4.69, 9.17) is 16.4 Å². The van der Waals surface area contributed by atoms with Crippen LogP contribution in [0.5, 0.6) is 5.75 Å². The van der Waals surface area contributed by atoms with E-state index < -0.39 is 11.7 Å². The third-order valence-electron chi connectivity index (χ3n) is 1.83. The summed E-state index contributed by atoms with van der Waals surface area (Å²) in [7, 11) is 0. The van der Waals surface area contributed by atoms with Crippen LogP contribution in [0.15, 0.2) is 18.2 Å². The zero-order valence-corrected chi connectivity index (χ0v) is 8.87. The van der Waals surface area contributed by atoms with Crippen LogP contribution in [-0.4, -0.2) is 19.1 Å². The van der Waals surface area contributed by atoms with Crippen molar-refractivity contribution in [3.05, 3.63) is 29.6 Å². The molecule has 0 heterocycles. The molecule has 1 rings (SSSR count). The van der Waals surface area contributed by atoms with E-state index in [2.05, 4.69) is 11.2 Å². The summed E-state index contributed by atoms with van der Waals surface area (Å²) in [6.07, 6.45) is 4.95. The van der Waals surface area contributed by atoms with Crippen molar-refractivity contribution in [1.82, 2.24) is 5.32 Å². The number of amides is 1. The first-order chi connectivity index (χ1) is 8.19. The Hall–Kier alpha value is -2.53. The second-order valence-corrected chi connectivity index (χ2v) is 2.99. The Bertz CT molecular complexity index is 500. The summed E-state index contributed by atoms with van der Waals surface area (Å²) in [6, 6.07) is 5.62. The molecule has 0 saturated carbocycles. The fourth-order valence-corrected chi connectivity index (χ4v) is 1.08. The summed E-state index contributed by atoms with van der Waals surface area (Å²) in [6.45, 7) is -0.226. The lowest BCUT2D eigenvalue weighted by molar-refractivity contribution is -0.122. The number of benzene rings is 1. The Morgan fingerprint density at radius 3 is 3.00 bits per heavy atom. The van der Waals surface area contributed by atoms with E-state index in [-0.39, 0.29) is 24.5 Å². The van der Waals surface area contributed by atoms with Crippen molar-refractivity contribution in [1.29, 1.82) is 5.26 Å². The lowest BCUT2D eigenvalue weighted by Gasteiger charge is -2.07. The maximum atomic E-state index is 13.1. The highest BCUT2D eigenvalue weighted by Crippen LogP contribution is 2.19. The van der Waals surface area contributed by atoms with E-state index in [9.17, 15) is 9.18 Å². The molecule has 0 fully saturated rings. The van der Waals surface area contributed by atoms with Crippen molar-refractivity contribution in [2.24, 2.45) is 0 Å². The Balaban J connectivity index is 2.65. The van der Waals surface area contributed by atoms with E-state index in [1.807, 2.05) is 0 Å². The molecule has 17 heavy (non-hydrogen) atoms. The van der Waals surface area contributed by atoms with Crippen LogP contribution < -0.4 is 10.1 Å². The summed E-state index contributed by atoms with van der Waals surface area (Å²) in [5.41, 5.74) is -0.225. The van der Waals surface area contributed by atoms with Gasteiger partial charge in [-0.25, -0.2) is 4.39 Å². The van der Waals surface area contributed by atoms with E-state index >= 15 is 0 Å². The van der Waals surface area contributed by atoms with Gasteiger partial charge in [-0.15, -0.1) is 6.42 Å². The molecule has 1 aromatic rings. The van der Waals surface area contributed by atoms with Crippen molar-refractivity contribution >= 4 is 5.91 Å². The number of nitriles is 1. The minimum Gasteiger partial charge on any atom is -0.482 e. The van der Waals surface area contributed by atoms with Crippen LogP contribution in [0.1, 0.15) is 5.56 Å². The van der Waals surface area contributed by atoms with Gasteiger partial charge < -0.3 is 10.1 Å². The van der Waals surface area contributed by atoms with Gasteiger partial charge in [0.2, 0.25) is 0 Å². The number of halogens is 1. The van der Waals surface area contributed by atoms with Crippen LogP contribution in [0, 0.1) is 29.5 Å². The molecule has 0 aliphatic heterocycles. The number of nitrogens with zero attached hydrogens (tertiary/aromatic N) is 1. The van der Waals surface area contributed by atoms with Crippen LogP contribution in [-0.2, 0) is 4.79 Å². The third kappa shape index (κ3) is 3.51. The van der Waals surface area contributed by atoms with Gasteiger partial charge in [0, 0.05) is 0 Å². The average Bonchev–Trinajstić information content (AvgIpc) is 2.33. The van der Waals surface area contributed by atoms with E-state index in [0.29, 0.717) is 0 Å². The second-order valence-electron chi connectivity index (χ2n) is 2.99. The van der Waals surface area contributed by atoms with E-state index in [1.54, 1.807) is 6.07 Å². The average molecular weight is 232 g/mol. The molecule has 0 atom stereocenters. The quantitative estimate of drug-likeness (QED) is 0.782. The number of carbonyl (C=O) groups is 1. The van der Waals surface area contributed by atoms with Crippen LogP contribution in [0.25, 0.3) is 0 Å². The second kappa shape index (κ2) is 6.14. The molecule has 0 unspecified atom stereocenters. The van der Waals surface area contributed by atoms with Gasteiger partial charge in [-0.05, 0) is 12.1 Å². The Kier molecular flexibility index (Phi) is 4.53. The Labute approximate surface area is 98.0 Å². The zero-order valence-electron chi connectivity index (χ0n) is 8.87. The number of rotatable bonds is 4. The van der Waals surface area contributed by atoms with Crippen LogP contribution >= 0.6 is 0 Å². The molecule has 0 aromatic heterocycles. The molecular formula is C12H9FN2O2. The molecule has 0 spiro atoms. The molecule has 86 valence electrons. The highest BCUT2D eigenvalue weighted by atomic mass is 19.1. The van der Waals surface area contributed by atoms with Gasteiger partial charge >= 0.3 is 0 Å². The lowest BCUT2D eigenvalue weighted by Crippen LogP contribution is -2.29. The predicted molar refractivity (Wildman–Crippen MR) is 58.5 cm³/mol. The summed E-state index contributed by atoms with van der Waals surface area (Å²) in [5, 5.41) is 11.1. The number of nitrogens with one attached hydrogen (secondary N) is 1. The monoisotopic (exact) mass is 232 g/mol. The van der Waals surface area contributed by atoms with Gasteiger partial charge in [0.1, 0.15) is 23.2 Å². The van der Waals surface area contributed by atoms with Gasteiger partial charge in [-0.3, -0.25) is 4.79 Å². The minimum atomic E-state index is -0.686. The standard InChI is InChI=1S/C12H9FN2O2/c1-2-6-15-12(16)8-17-11-5-3-4-10(13)9(11)7-14/h1,3-5H,6,8H2,(H,15,16). The maximum absolute atomic E-state index is 13.1. The highest BCUT2D eigenvalue weighted by Gasteiger charge is 2.10. The zero-order chi connectivity index (χ0) is 12.7. The SMILES string of the molecule is C#CCNC(=O)COc1cccc(F)c1C#N. The molecule has 4 nitrogen and oxygen atoms in total. The smallest absolute Gasteiger partial charge is 0.258 e. The minimum absolute atomic E-state index is 0.0309. The van der Waals surface area contributed by atoms with Crippen molar-refractivity contribution in [2.45, 2.75) is 0 Å². The van der Waals surface area contributed by atoms with Crippen molar-refractivity contribution in [2.75, 3.05) is 13.2 Å². The number of hydrogen-bond acceptors (Lipinski definition) is 3. The van der Waals surface area contributed by atoms with E-state index in [0.717, 1.165) is 6.07 Å². The van der Waals surface area contributed by atoms with Gasteiger partial charge in [0.25, 0.3) is 5.91 Å². The van der Waals surface area contributed by atoms with Crippen LogP contribution in [0.4, 0.5) is 4.39 Å². The van der Waals surface area contributed by atoms with Gasteiger partial charge in [0.05, 0.1) is 6.54 Å². The molecule has 1 N–H and O–H groups in total. The lowest BCUT2D eigenvalue weighted by atomic mass is 10.2. The summed E-state index contributed by atoms with van der Waals surface area (Å²) < 4.78 is 18.2. The Morgan fingerprint density at radius 2 is 2.35 bits per heavy atom. The number of carbonyl (C=O) groups excluding carboxylic acids is 1.